The number of rotatable bonds is 2. The summed E-state index contributed by atoms with van der Waals surface area (Å²) < 4.78 is 5.06. The fourth-order valence-electron chi connectivity index (χ4n) is 1.57. The van der Waals surface area contributed by atoms with Crippen LogP contribution in [-0.2, 0) is 0 Å². The van der Waals surface area contributed by atoms with Gasteiger partial charge in [-0.2, -0.15) is 0 Å². The summed E-state index contributed by atoms with van der Waals surface area (Å²) in [6, 6.07) is 1.42. The van der Waals surface area contributed by atoms with Gasteiger partial charge in [0, 0.05) is 5.92 Å². The van der Waals surface area contributed by atoms with E-state index in [4.69, 9.17) is 9.52 Å². The topological polar surface area (TPSA) is 70.7 Å². The predicted octanol–water partition coefficient (Wildman–Crippen LogP) is 1.22. The van der Waals surface area contributed by atoms with Crippen LogP contribution in [-0.4, -0.2) is 22.3 Å². The molecule has 13 heavy (non-hydrogen) atoms. The molecule has 2 N–H and O–H groups in total. The normalized spacial score (nSPS) is 26.8. The average Bonchev–Trinajstić information content (AvgIpc) is 2.50. The molecule has 2 unspecified atom stereocenters. The fraction of sp³-hybridized carbons (Fsp3) is 0.444. The van der Waals surface area contributed by atoms with Gasteiger partial charge in [0.05, 0.1) is 12.4 Å². The fourth-order valence-corrected chi connectivity index (χ4v) is 1.57. The van der Waals surface area contributed by atoms with Gasteiger partial charge in [0.15, 0.2) is 0 Å². The van der Waals surface area contributed by atoms with Crippen LogP contribution in [0.3, 0.4) is 0 Å². The monoisotopic (exact) mass is 182 g/mol. The minimum absolute atomic E-state index is 0.124. The van der Waals surface area contributed by atoms with Crippen LogP contribution in [0.25, 0.3) is 0 Å². The van der Waals surface area contributed by atoms with Gasteiger partial charge >= 0.3 is 5.97 Å². The van der Waals surface area contributed by atoms with E-state index in [1.54, 1.807) is 0 Å². The molecule has 1 saturated carbocycles. The average molecular weight is 182 g/mol. The van der Waals surface area contributed by atoms with E-state index in [0.717, 1.165) is 12.8 Å². The molecule has 70 valence electrons. The van der Waals surface area contributed by atoms with E-state index in [0.29, 0.717) is 5.76 Å². The number of aliphatic hydroxyl groups excluding tert-OH is 1. The molecule has 0 amide bonds. The van der Waals surface area contributed by atoms with Gasteiger partial charge in [-0.25, -0.2) is 4.79 Å². The first-order chi connectivity index (χ1) is 6.20. The van der Waals surface area contributed by atoms with E-state index < -0.39 is 12.1 Å². The molecule has 1 heterocycles. The molecule has 0 spiro atoms. The van der Waals surface area contributed by atoms with Crippen molar-refractivity contribution < 1.29 is 19.4 Å². The van der Waals surface area contributed by atoms with Gasteiger partial charge in [-0.1, -0.05) is 0 Å². The van der Waals surface area contributed by atoms with Crippen molar-refractivity contribution in [3.8, 4) is 0 Å². The molecular weight excluding hydrogens is 172 g/mol. The molecule has 4 heteroatoms. The smallest absolute Gasteiger partial charge is 0.339 e. The number of hydrogen-bond donors (Lipinski definition) is 2. The summed E-state index contributed by atoms with van der Waals surface area (Å²) in [7, 11) is 0. The standard InChI is InChI=1S/C9H10O4/c10-7-2-1-5(7)8-6(9(11)12)3-4-13-8/h3-5,7,10H,1-2H2,(H,11,12). The number of furan rings is 1. The lowest BCUT2D eigenvalue weighted by atomic mass is 9.79. The summed E-state index contributed by atoms with van der Waals surface area (Å²) in [6.45, 7) is 0. The van der Waals surface area contributed by atoms with Gasteiger partial charge in [-0.3, -0.25) is 0 Å². The Morgan fingerprint density at radius 2 is 2.31 bits per heavy atom. The Hall–Kier alpha value is -1.29. The molecule has 0 radical (unpaired) electrons. The molecular formula is C9H10O4. The lowest BCUT2D eigenvalue weighted by Gasteiger charge is -2.30. The van der Waals surface area contributed by atoms with Crippen LogP contribution >= 0.6 is 0 Å². The number of carbonyl (C=O) groups is 1. The van der Waals surface area contributed by atoms with E-state index >= 15 is 0 Å². The predicted molar refractivity (Wildman–Crippen MR) is 43.6 cm³/mol. The lowest BCUT2D eigenvalue weighted by Crippen LogP contribution is -2.29. The van der Waals surface area contributed by atoms with Gasteiger partial charge in [0.25, 0.3) is 0 Å². The second-order valence-corrected chi connectivity index (χ2v) is 3.25. The van der Waals surface area contributed by atoms with Gasteiger partial charge < -0.3 is 14.6 Å². The SMILES string of the molecule is O=C(O)c1ccoc1C1CCC1O. The maximum atomic E-state index is 10.7. The van der Waals surface area contributed by atoms with Crippen molar-refractivity contribution in [2.24, 2.45) is 0 Å². The van der Waals surface area contributed by atoms with Crippen LogP contribution in [0.5, 0.6) is 0 Å². The molecule has 2 rings (SSSR count). The molecule has 4 nitrogen and oxygen atoms in total. The van der Waals surface area contributed by atoms with Crippen LogP contribution < -0.4 is 0 Å². The highest BCUT2D eigenvalue weighted by Gasteiger charge is 2.35. The molecule has 0 saturated heterocycles. The van der Waals surface area contributed by atoms with Crippen molar-refractivity contribution in [3.05, 3.63) is 23.7 Å². The number of carboxylic acid groups (broad SMARTS) is 1. The Morgan fingerprint density at radius 3 is 2.77 bits per heavy atom. The Morgan fingerprint density at radius 1 is 1.54 bits per heavy atom. The van der Waals surface area contributed by atoms with E-state index in [2.05, 4.69) is 0 Å². The van der Waals surface area contributed by atoms with Gasteiger partial charge in [0.2, 0.25) is 0 Å². The first-order valence-electron chi connectivity index (χ1n) is 4.19. The first kappa shape index (κ1) is 8.31. The summed E-state index contributed by atoms with van der Waals surface area (Å²) in [5, 5.41) is 18.1. The maximum absolute atomic E-state index is 10.7. The zero-order chi connectivity index (χ0) is 9.42. The zero-order valence-corrected chi connectivity index (χ0v) is 6.93. The van der Waals surface area contributed by atoms with Crippen molar-refractivity contribution >= 4 is 5.97 Å². The first-order valence-corrected chi connectivity index (χ1v) is 4.19. The number of aromatic carboxylic acids is 1. The lowest BCUT2D eigenvalue weighted by molar-refractivity contribution is 0.0534. The van der Waals surface area contributed by atoms with Crippen molar-refractivity contribution in [1.82, 2.24) is 0 Å². The molecule has 0 aromatic carbocycles. The van der Waals surface area contributed by atoms with Crippen molar-refractivity contribution in [3.63, 3.8) is 0 Å². The third kappa shape index (κ3) is 1.23. The second-order valence-electron chi connectivity index (χ2n) is 3.25. The number of aliphatic hydroxyl groups is 1. The summed E-state index contributed by atoms with van der Waals surface area (Å²) in [5.41, 5.74) is 0.170. The summed E-state index contributed by atoms with van der Waals surface area (Å²) in [4.78, 5) is 10.7. The van der Waals surface area contributed by atoms with E-state index in [-0.39, 0.29) is 11.5 Å². The highest BCUT2D eigenvalue weighted by molar-refractivity contribution is 5.88. The Kier molecular flexibility index (Phi) is 1.84. The van der Waals surface area contributed by atoms with Gasteiger partial charge in [-0.15, -0.1) is 0 Å². The zero-order valence-electron chi connectivity index (χ0n) is 6.93. The van der Waals surface area contributed by atoms with Crippen molar-refractivity contribution in [2.45, 2.75) is 24.9 Å². The van der Waals surface area contributed by atoms with Gasteiger partial charge in [-0.05, 0) is 18.9 Å². The van der Waals surface area contributed by atoms with E-state index in [1.165, 1.54) is 12.3 Å². The minimum Gasteiger partial charge on any atom is -0.478 e. The quantitative estimate of drug-likeness (QED) is 0.721. The minimum atomic E-state index is -0.997. The molecule has 1 aromatic rings. The second kappa shape index (κ2) is 2.88. The molecule has 1 aliphatic carbocycles. The summed E-state index contributed by atoms with van der Waals surface area (Å²) in [5.74, 6) is -0.713. The molecule has 2 atom stereocenters. The molecule has 0 bridgehead atoms. The Bertz CT molecular complexity index is 328. The van der Waals surface area contributed by atoms with Crippen LogP contribution in [0, 0.1) is 0 Å². The Balaban J connectivity index is 2.29. The van der Waals surface area contributed by atoms with Crippen LogP contribution in [0.2, 0.25) is 0 Å². The van der Waals surface area contributed by atoms with E-state index in [9.17, 15) is 9.90 Å². The third-order valence-electron chi connectivity index (χ3n) is 2.50. The van der Waals surface area contributed by atoms with Crippen LogP contribution in [0.4, 0.5) is 0 Å². The van der Waals surface area contributed by atoms with E-state index in [1.807, 2.05) is 0 Å². The molecule has 1 aliphatic rings. The summed E-state index contributed by atoms with van der Waals surface area (Å²) >= 11 is 0. The maximum Gasteiger partial charge on any atom is 0.339 e. The third-order valence-corrected chi connectivity index (χ3v) is 2.50. The van der Waals surface area contributed by atoms with Crippen molar-refractivity contribution in [1.29, 1.82) is 0 Å². The number of hydrogen-bond acceptors (Lipinski definition) is 3. The summed E-state index contributed by atoms with van der Waals surface area (Å²) in [6.07, 6.45) is 2.44. The molecule has 1 aromatic heterocycles. The molecule has 0 aliphatic heterocycles. The van der Waals surface area contributed by atoms with Crippen LogP contribution in [0.1, 0.15) is 34.9 Å². The van der Waals surface area contributed by atoms with Gasteiger partial charge in [0.1, 0.15) is 11.3 Å². The Labute approximate surface area is 74.8 Å². The molecule has 1 fully saturated rings. The van der Waals surface area contributed by atoms with Crippen LogP contribution in [0.15, 0.2) is 16.7 Å². The number of carboxylic acids is 1. The largest absolute Gasteiger partial charge is 0.478 e. The highest BCUT2D eigenvalue weighted by atomic mass is 16.4. The van der Waals surface area contributed by atoms with Crippen molar-refractivity contribution in [2.75, 3.05) is 0 Å². The highest BCUT2D eigenvalue weighted by Crippen LogP contribution is 2.38.